The van der Waals surface area contributed by atoms with Gasteiger partial charge in [-0.2, -0.15) is 10.2 Å². The number of rotatable bonds is 3. The lowest BCUT2D eigenvalue weighted by atomic mass is 10.2. The third-order valence-electron chi connectivity index (χ3n) is 3.61. The Kier molecular flexibility index (Phi) is 3.58. The van der Waals surface area contributed by atoms with Crippen molar-refractivity contribution < 1.29 is 9.05 Å². The quantitative estimate of drug-likeness (QED) is 0.809. The number of hydrogen-bond acceptors (Lipinski definition) is 8. The van der Waals surface area contributed by atoms with Crippen LogP contribution in [0.2, 0.25) is 0 Å². The van der Waals surface area contributed by atoms with E-state index in [4.69, 9.17) is 14.3 Å². The molecule has 0 spiro atoms. The molecule has 3 rings (SSSR count). The number of likely N-dealkylation sites (N-methyl/N-ethyl adjacent to an activating group) is 1. The SMILES string of the molecule is Cc1onc(Cc2nc(N3CCN(C)CC3)no2)c1C#N. The first-order valence-corrected chi connectivity index (χ1v) is 6.78. The largest absolute Gasteiger partial charge is 0.360 e. The van der Waals surface area contributed by atoms with Crippen LogP contribution in [0.25, 0.3) is 0 Å². The molecule has 8 nitrogen and oxygen atoms in total. The summed E-state index contributed by atoms with van der Waals surface area (Å²) in [6.07, 6.45) is 0.307. The normalized spacial score (nSPS) is 16.1. The Labute approximate surface area is 121 Å². The van der Waals surface area contributed by atoms with E-state index in [0.29, 0.717) is 35.3 Å². The van der Waals surface area contributed by atoms with Crippen molar-refractivity contribution in [2.24, 2.45) is 0 Å². The highest BCUT2D eigenvalue weighted by Crippen LogP contribution is 2.17. The Balaban J connectivity index is 1.72. The Morgan fingerprint density at radius 3 is 2.67 bits per heavy atom. The second kappa shape index (κ2) is 5.54. The van der Waals surface area contributed by atoms with Crippen LogP contribution in [0.3, 0.4) is 0 Å². The van der Waals surface area contributed by atoms with Gasteiger partial charge in [-0.05, 0) is 19.1 Å². The highest BCUT2D eigenvalue weighted by molar-refractivity contribution is 5.37. The third kappa shape index (κ3) is 2.73. The van der Waals surface area contributed by atoms with E-state index in [2.05, 4.69) is 38.2 Å². The minimum Gasteiger partial charge on any atom is -0.360 e. The molecule has 110 valence electrons. The summed E-state index contributed by atoms with van der Waals surface area (Å²) >= 11 is 0. The zero-order valence-electron chi connectivity index (χ0n) is 12.0. The van der Waals surface area contributed by atoms with Crippen LogP contribution in [-0.4, -0.2) is 53.4 Å². The lowest BCUT2D eigenvalue weighted by Crippen LogP contribution is -2.44. The van der Waals surface area contributed by atoms with Crippen molar-refractivity contribution >= 4 is 5.95 Å². The average Bonchev–Trinajstić information content (AvgIpc) is 3.07. The van der Waals surface area contributed by atoms with Crippen LogP contribution in [0, 0.1) is 18.3 Å². The molecule has 21 heavy (non-hydrogen) atoms. The molecule has 0 radical (unpaired) electrons. The first-order chi connectivity index (χ1) is 10.2. The van der Waals surface area contributed by atoms with Gasteiger partial charge in [0.25, 0.3) is 5.95 Å². The molecule has 0 bridgehead atoms. The maximum absolute atomic E-state index is 9.07. The third-order valence-corrected chi connectivity index (χ3v) is 3.61. The number of aromatic nitrogens is 3. The maximum atomic E-state index is 9.07. The molecule has 3 heterocycles. The molecule has 1 aliphatic rings. The predicted molar refractivity (Wildman–Crippen MR) is 72.8 cm³/mol. The standard InChI is InChI=1S/C13H16N6O2/c1-9-10(8-14)11(16-20-9)7-12-15-13(17-21-12)19-5-3-18(2)4-6-19/h3-7H2,1-2H3. The van der Waals surface area contributed by atoms with Crippen LogP contribution < -0.4 is 4.90 Å². The Morgan fingerprint density at radius 1 is 1.19 bits per heavy atom. The fourth-order valence-corrected chi connectivity index (χ4v) is 2.28. The summed E-state index contributed by atoms with van der Waals surface area (Å²) in [4.78, 5) is 8.73. The number of nitriles is 1. The molecule has 0 aromatic carbocycles. The predicted octanol–water partition coefficient (Wildman–Crippen LogP) is 0.580. The molecule has 0 N–H and O–H groups in total. The second-order valence-electron chi connectivity index (χ2n) is 5.13. The Hall–Kier alpha value is -2.40. The molecule has 2 aromatic heterocycles. The number of hydrogen-bond donors (Lipinski definition) is 0. The van der Waals surface area contributed by atoms with E-state index in [1.54, 1.807) is 6.92 Å². The molecular formula is C13H16N6O2. The van der Waals surface area contributed by atoms with E-state index in [0.717, 1.165) is 26.2 Å². The molecule has 8 heteroatoms. The van der Waals surface area contributed by atoms with Crippen molar-refractivity contribution in [1.82, 2.24) is 20.2 Å². The van der Waals surface area contributed by atoms with Gasteiger partial charge in [0, 0.05) is 26.2 Å². The van der Waals surface area contributed by atoms with Crippen molar-refractivity contribution in [1.29, 1.82) is 5.26 Å². The molecule has 1 fully saturated rings. The highest BCUT2D eigenvalue weighted by atomic mass is 16.5. The molecule has 0 atom stereocenters. The molecule has 2 aromatic rings. The van der Waals surface area contributed by atoms with Crippen LogP contribution in [0.15, 0.2) is 9.05 Å². The van der Waals surface area contributed by atoms with Gasteiger partial charge in [-0.15, -0.1) is 0 Å². The zero-order valence-corrected chi connectivity index (χ0v) is 12.0. The average molecular weight is 288 g/mol. The van der Waals surface area contributed by atoms with Crippen LogP contribution in [0.1, 0.15) is 22.9 Å². The monoisotopic (exact) mass is 288 g/mol. The molecule has 0 saturated carbocycles. The maximum Gasteiger partial charge on any atom is 0.266 e. The van der Waals surface area contributed by atoms with Gasteiger partial charge in [0.2, 0.25) is 5.89 Å². The molecule has 0 unspecified atom stereocenters. The van der Waals surface area contributed by atoms with Crippen molar-refractivity contribution in [3.05, 3.63) is 22.9 Å². The van der Waals surface area contributed by atoms with E-state index in [9.17, 15) is 0 Å². The fourth-order valence-electron chi connectivity index (χ4n) is 2.28. The van der Waals surface area contributed by atoms with Gasteiger partial charge in [-0.25, -0.2) is 0 Å². The van der Waals surface area contributed by atoms with Crippen molar-refractivity contribution in [2.45, 2.75) is 13.3 Å². The Morgan fingerprint density at radius 2 is 1.95 bits per heavy atom. The van der Waals surface area contributed by atoms with Crippen LogP contribution >= 0.6 is 0 Å². The Bertz CT molecular complexity index is 662. The number of aryl methyl sites for hydroxylation is 1. The molecule has 1 saturated heterocycles. The van der Waals surface area contributed by atoms with Gasteiger partial charge >= 0.3 is 0 Å². The molecule has 0 aliphatic carbocycles. The van der Waals surface area contributed by atoms with Gasteiger partial charge in [0.15, 0.2) is 5.76 Å². The van der Waals surface area contributed by atoms with Crippen molar-refractivity contribution in [3.8, 4) is 6.07 Å². The summed E-state index contributed by atoms with van der Waals surface area (Å²) in [6.45, 7) is 5.42. The van der Waals surface area contributed by atoms with E-state index < -0.39 is 0 Å². The summed E-state index contributed by atoms with van der Waals surface area (Å²) in [7, 11) is 2.09. The van der Waals surface area contributed by atoms with Gasteiger partial charge in [-0.1, -0.05) is 5.16 Å². The summed E-state index contributed by atoms with van der Waals surface area (Å²) in [5.41, 5.74) is 0.970. The summed E-state index contributed by atoms with van der Waals surface area (Å²) < 4.78 is 10.3. The smallest absolute Gasteiger partial charge is 0.266 e. The summed E-state index contributed by atoms with van der Waals surface area (Å²) in [5.74, 6) is 1.54. The van der Waals surface area contributed by atoms with Crippen LogP contribution in [0.4, 0.5) is 5.95 Å². The molecular weight excluding hydrogens is 272 g/mol. The van der Waals surface area contributed by atoms with Gasteiger partial charge in [0.05, 0.1) is 6.42 Å². The van der Waals surface area contributed by atoms with Crippen LogP contribution in [-0.2, 0) is 6.42 Å². The number of anilines is 1. The van der Waals surface area contributed by atoms with E-state index in [-0.39, 0.29) is 0 Å². The lowest BCUT2D eigenvalue weighted by Gasteiger charge is -2.31. The highest BCUT2D eigenvalue weighted by Gasteiger charge is 2.21. The van der Waals surface area contributed by atoms with E-state index >= 15 is 0 Å². The molecule has 1 aliphatic heterocycles. The minimum absolute atomic E-state index is 0.307. The van der Waals surface area contributed by atoms with Gasteiger partial charge in [0.1, 0.15) is 17.3 Å². The van der Waals surface area contributed by atoms with E-state index in [1.165, 1.54) is 0 Å². The first-order valence-electron chi connectivity index (χ1n) is 6.78. The zero-order chi connectivity index (χ0) is 14.8. The minimum atomic E-state index is 0.307. The van der Waals surface area contributed by atoms with Gasteiger partial charge in [-0.3, -0.25) is 0 Å². The van der Waals surface area contributed by atoms with E-state index in [1.807, 2.05) is 0 Å². The van der Waals surface area contributed by atoms with Crippen LogP contribution in [0.5, 0.6) is 0 Å². The number of piperazine rings is 1. The van der Waals surface area contributed by atoms with Crippen molar-refractivity contribution in [3.63, 3.8) is 0 Å². The fraction of sp³-hybridized carbons (Fsp3) is 0.538. The molecule has 0 amide bonds. The number of nitrogens with zero attached hydrogens (tertiary/aromatic N) is 6. The van der Waals surface area contributed by atoms with Crippen molar-refractivity contribution in [2.75, 3.05) is 38.1 Å². The topological polar surface area (TPSA) is 95.2 Å². The lowest BCUT2D eigenvalue weighted by molar-refractivity contribution is 0.308. The second-order valence-corrected chi connectivity index (χ2v) is 5.13. The first kappa shape index (κ1) is 13.6. The summed E-state index contributed by atoms with van der Waals surface area (Å²) in [5, 5.41) is 16.9. The summed E-state index contributed by atoms with van der Waals surface area (Å²) in [6, 6.07) is 2.08. The van der Waals surface area contributed by atoms with Gasteiger partial charge < -0.3 is 18.8 Å².